The molecule has 1 radical (unpaired) electrons. The third kappa shape index (κ3) is 8.59. The molecule has 0 heteroatoms. The number of hydrogen-bond donors (Lipinski definition) is 0. The van der Waals surface area contributed by atoms with Crippen molar-refractivity contribution in [2.75, 3.05) is 0 Å². The second-order valence-corrected chi connectivity index (χ2v) is 4.50. The van der Waals surface area contributed by atoms with E-state index in [2.05, 4.69) is 20.8 Å². The summed E-state index contributed by atoms with van der Waals surface area (Å²) in [6, 6.07) is 0. The Bertz CT molecular complexity index is 96.2. The molecule has 0 saturated heterocycles. The summed E-state index contributed by atoms with van der Waals surface area (Å²) in [5.41, 5.74) is 0. The van der Waals surface area contributed by atoms with E-state index in [9.17, 15) is 0 Å². The van der Waals surface area contributed by atoms with E-state index in [1.807, 2.05) is 0 Å². The first kappa shape index (κ1) is 14.0. The minimum atomic E-state index is 0.999. The Morgan fingerprint density at radius 1 is 0.786 bits per heavy atom. The molecule has 0 aliphatic heterocycles. The van der Waals surface area contributed by atoms with Crippen molar-refractivity contribution in [3.8, 4) is 0 Å². The zero-order chi connectivity index (χ0) is 10.6. The van der Waals surface area contributed by atoms with Crippen LogP contribution in [0.3, 0.4) is 0 Å². The maximum absolute atomic E-state index is 3.93. The molecule has 0 bridgehead atoms. The molecule has 0 aromatic carbocycles. The summed E-state index contributed by atoms with van der Waals surface area (Å²) in [6.07, 6.45) is 13.8. The van der Waals surface area contributed by atoms with Crippen molar-refractivity contribution in [2.45, 2.75) is 78.1 Å². The fourth-order valence-corrected chi connectivity index (χ4v) is 2.13. The van der Waals surface area contributed by atoms with Gasteiger partial charge < -0.3 is 0 Å². The van der Waals surface area contributed by atoms with Gasteiger partial charge in [0.1, 0.15) is 0 Å². The van der Waals surface area contributed by atoms with Crippen LogP contribution in [0.25, 0.3) is 0 Å². The summed E-state index contributed by atoms with van der Waals surface area (Å²) in [5.74, 6) is 0.999. The van der Waals surface area contributed by atoms with Gasteiger partial charge in [0, 0.05) is 0 Å². The van der Waals surface area contributed by atoms with Gasteiger partial charge in [0.15, 0.2) is 0 Å². The van der Waals surface area contributed by atoms with E-state index in [0.29, 0.717) is 0 Å². The standard InChI is InChI=1S/C14H29/c1-4-7-9-10-13-14(11-6-3)12-8-5-2/h14H,2,4-13H2,1,3H3. The van der Waals surface area contributed by atoms with Crippen molar-refractivity contribution in [1.82, 2.24) is 0 Å². The van der Waals surface area contributed by atoms with Crippen molar-refractivity contribution < 1.29 is 0 Å². The third-order valence-corrected chi connectivity index (χ3v) is 3.03. The second-order valence-electron chi connectivity index (χ2n) is 4.50. The van der Waals surface area contributed by atoms with Gasteiger partial charge in [0.05, 0.1) is 0 Å². The summed E-state index contributed by atoms with van der Waals surface area (Å²) in [4.78, 5) is 0. The highest BCUT2D eigenvalue weighted by Gasteiger charge is 2.06. The van der Waals surface area contributed by atoms with Gasteiger partial charge in [-0.15, -0.1) is 0 Å². The molecule has 0 nitrogen and oxygen atoms in total. The van der Waals surface area contributed by atoms with E-state index in [1.54, 1.807) is 0 Å². The van der Waals surface area contributed by atoms with Crippen LogP contribution in [0.4, 0.5) is 0 Å². The molecule has 1 unspecified atom stereocenters. The van der Waals surface area contributed by atoms with Crippen LogP contribution in [0, 0.1) is 12.8 Å². The Morgan fingerprint density at radius 3 is 2.07 bits per heavy atom. The zero-order valence-electron chi connectivity index (χ0n) is 10.4. The third-order valence-electron chi connectivity index (χ3n) is 3.03. The summed E-state index contributed by atoms with van der Waals surface area (Å²) in [7, 11) is 0. The largest absolute Gasteiger partial charge is 0.0654 e. The minimum Gasteiger partial charge on any atom is -0.0654 e. The molecule has 0 amide bonds. The van der Waals surface area contributed by atoms with Crippen LogP contribution >= 0.6 is 0 Å². The van der Waals surface area contributed by atoms with Gasteiger partial charge in [0.25, 0.3) is 0 Å². The number of rotatable bonds is 10. The van der Waals surface area contributed by atoms with Gasteiger partial charge in [-0.2, -0.15) is 0 Å². The van der Waals surface area contributed by atoms with E-state index in [-0.39, 0.29) is 0 Å². The van der Waals surface area contributed by atoms with Gasteiger partial charge in [-0.1, -0.05) is 85.0 Å². The summed E-state index contributed by atoms with van der Waals surface area (Å²) in [6.45, 7) is 8.52. The van der Waals surface area contributed by atoms with Crippen LogP contribution in [0.15, 0.2) is 0 Å². The van der Waals surface area contributed by atoms with Crippen molar-refractivity contribution >= 4 is 0 Å². The minimum absolute atomic E-state index is 0.999. The first-order valence-electron chi connectivity index (χ1n) is 6.64. The Labute approximate surface area is 91.5 Å². The Morgan fingerprint density at radius 2 is 1.50 bits per heavy atom. The molecule has 0 heterocycles. The quantitative estimate of drug-likeness (QED) is 0.413. The van der Waals surface area contributed by atoms with Crippen LogP contribution in [-0.2, 0) is 0 Å². The first-order chi connectivity index (χ1) is 6.85. The monoisotopic (exact) mass is 197 g/mol. The lowest BCUT2D eigenvalue weighted by Crippen LogP contribution is -2.00. The SMILES string of the molecule is [CH2]CCCC(CCC)CCCCCC. The maximum Gasteiger partial charge on any atom is -0.0414 e. The molecule has 0 rings (SSSR count). The van der Waals surface area contributed by atoms with E-state index >= 15 is 0 Å². The predicted molar refractivity (Wildman–Crippen MR) is 66.4 cm³/mol. The normalized spacial score (nSPS) is 13.1. The van der Waals surface area contributed by atoms with Gasteiger partial charge in [0.2, 0.25) is 0 Å². The zero-order valence-corrected chi connectivity index (χ0v) is 10.4. The smallest absolute Gasteiger partial charge is 0.0414 e. The molecule has 0 fully saturated rings. The Balaban J connectivity index is 3.40. The van der Waals surface area contributed by atoms with Crippen LogP contribution in [0.5, 0.6) is 0 Å². The van der Waals surface area contributed by atoms with Crippen molar-refractivity contribution in [3.05, 3.63) is 6.92 Å². The molecule has 0 aromatic heterocycles. The van der Waals surface area contributed by atoms with E-state index in [0.717, 1.165) is 12.3 Å². The molecule has 0 aliphatic carbocycles. The number of hydrogen-bond acceptors (Lipinski definition) is 0. The molecular formula is C14H29. The van der Waals surface area contributed by atoms with E-state index in [1.165, 1.54) is 57.8 Å². The lowest BCUT2D eigenvalue weighted by Gasteiger charge is -2.15. The molecule has 1 atom stereocenters. The highest BCUT2D eigenvalue weighted by Crippen LogP contribution is 2.21. The van der Waals surface area contributed by atoms with Gasteiger partial charge in [-0.25, -0.2) is 0 Å². The average molecular weight is 197 g/mol. The molecule has 85 valence electrons. The van der Waals surface area contributed by atoms with E-state index in [4.69, 9.17) is 0 Å². The van der Waals surface area contributed by atoms with Crippen LogP contribution in [0.2, 0.25) is 0 Å². The summed E-state index contributed by atoms with van der Waals surface area (Å²) >= 11 is 0. The molecular weight excluding hydrogens is 168 g/mol. The average Bonchev–Trinajstić information content (AvgIpc) is 2.20. The van der Waals surface area contributed by atoms with Crippen LogP contribution in [-0.4, -0.2) is 0 Å². The highest BCUT2D eigenvalue weighted by atomic mass is 14.1. The van der Waals surface area contributed by atoms with Gasteiger partial charge >= 0.3 is 0 Å². The molecule has 0 saturated carbocycles. The van der Waals surface area contributed by atoms with E-state index < -0.39 is 0 Å². The molecule has 0 N–H and O–H groups in total. The van der Waals surface area contributed by atoms with Crippen molar-refractivity contribution in [2.24, 2.45) is 5.92 Å². The lowest BCUT2D eigenvalue weighted by atomic mass is 9.91. The second kappa shape index (κ2) is 11.1. The molecule has 0 spiro atoms. The van der Waals surface area contributed by atoms with Crippen LogP contribution < -0.4 is 0 Å². The topological polar surface area (TPSA) is 0 Å². The Kier molecular flexibility index (Phi) is 11.1. The van der Waals surface area contributed by atoms with Crippen molar-refractivity contribution in [3.63, 3.8) is 0 Å². The van der Waals surface area contributed by atoms with Crippen molar-refractivity contribution in [1.29, 1.82) is 0 Å². The van der Waals surface area contributed by atoms with Gasteiger partial charge in [-0.3, -0.25) is 0 Å². The molecule has 14 heavy (non-hydrogen) atoms. The fraction of sp³-hybridized carbons (Fsp3) is 0.929. The number of unbranched alkanes of at least 4 members (excludes halogenated alkanes) is 4. The molecule has 0 aliphatic rings. The Hall–Kier alpha value is 0. The molecule has 0 aromatic rings. The first-order valence-corrected chi connectivity index (χ1v) is 6.64. The van der Waals surface area contributed by atoms with Gasteiger partial charge in [-0.05, 0) is 5.92 Å². The maximum atomic E-state index is 3.93. The van der Waals surface area contributed by atoms with Crippen LogP contribution in [0.1, 0.15) is 78.1 Å². The summed E-state index contributed by atoms with van der Waals surface area (Å²) < 4.78 is 0. The predicted octanol–water partition coefficient (Wildman–Crippen LogP) is 5.38. The summed E-state index contributed by atoms with van der Waals surface area (Å²) in [5, 5.41) is 0. The highest BCUT2D eigenvalue weighted by molar-refractivity contribution is 4.60. The lowest BCUT2D eigenvalue weighted by molar-refractivity contribution is 0.387. The fourth-order valence-electron chi connectivity index (χ4n) is 2.13.